The zero-order valence-electron chi connectivity index (χ0n) is 7.35. The van der Waals surface area contributed by atoms with Gasteiger partial charge in [-0.2, -0.15) is 4.39 Å². The van der Waals surface area contributed by atoms with Gasteiger partial charge in [-0.05, 0) is 0 Å². The molecule has 0 spiro atoms. The lowest BCUT2D eigenvalue weighted by Crippen LogP contribution is -2.11. The summed E-state index contributed by atoms with van der Waals surface area (Å²) in [5.41, 5.74) is 0.722. The maximum atomic E-state index is 12.7. The Hall–Kier alpha value is -0.860. The van der Waals surface area contributed by atoms with E-state index in [1.54, 1.807) is 13.2 Å². The molecular weight excluding hydrogens is 143 g/mol. The quantitative estimate of drug-likeness (QED) is 0.560. The van der Waals surface area contributed by atoms with Crippen LogP contribution in [0.15, 0.2) is 6.20 Å². The maximum absolute atomic E-state index is 12.7. The Kier molecular flexibility index (Phi) is 1.74. The summed E-state index contributed by atoms with van der Waals surface area (Å²) in [6, 6.07) is 0. The lowest BCUT2D eigenvalue weighted by Gasteiger charge is -2.13. The second kappa shape index (κ2) is 2.32. The summed E-state index contributed by atoms with van der Waals surface area (Å²) < 4.78 is 14.1. The van der Waals surface area contributed by atoms with Crippen LogP contribution in [0.1, 0.15) is 26.5 Å². The molecular formula is C8H13FN2. The SMILES string of the molecule is Cn1cc(C(C)(C)C)nc1F. The monoisotopic (exact) mass is 156 g/mol. The average molecular weight is 156 g/mol. The summed E-state index contributed by atoms with van der Waals surface area (Å²) in [4.78, 5) is 3.78. The van der Waals surface area contributed by atoms with Crippen LogP contribution in [0, 0.1) is 6.08 Å². The van der Waals surface area contributed by atoms with Gasteiger partial charge in [0.05, 0.1) is 5.69 Å². The van der Waals surface area contributed by atoms with E-state index in [-0.39, 0.29) is 5.41 Å². The average Bonchev–Trinajstić information content (AvgIpc) is 2.11. The summed E-state index contributed by atoms with van der Waals surface area (Å²) >= 11 is 0. The van der Waals surface area contributed by atoms with Crippen LogP contribution in [-0.2, 0) is 12.5 Å². The molecule has 0 bridgehead atoms. The molecule has 0 saturated heterocycles. The Labute approximate surface area is 66.1 Å². The van der Waals surface area contributed by atoms with Gasteiger partial charge in [-0.15, -0.1) is 0 Å². The van der Waals surface area contributed by atoms with E-state index in [1.807, 2.05) is 20.8 Å². The predicted octanol–water partition coefficient (Wildman–Crippen LogP) is 1.86. The van der Waals surface area contributed by atoms with Crippen LogP contribution >= 0.6 is 0 Å². The summed E-state index contributed by atoms with van der Waals surface area (Å²) in [5.74, 6) is 0. The van der Waals surface area contributed by atoms with Crippen molar-refractivity contribution >= 4 is 0 Å². The molecule has 1 aromatic rings. The molecule has 0 amide bonds. The van der Waals surface area contributed by atoms with Gasteiger partial charge in [0.2, 0.25) is 0 Å². The first kappa shape index (κ1) is 8.24. The van der Waals surface area contributed by atoms with Gasteiger partial charge in [-0.3, -0.25) is 0 Å². The van der Waals surface area contributed by atoms with Gasteiger partial charge in [-0.1, -0.05) is 20.8 Å². The van der Waals surface area contributed by atoms with Crippen molar-refractivity contribution < 1.29 is 4.39 Å². The molecule has 0 saturated carbocycles. The van der Waals surface area contributed by atoms with Crippen molar-refractivity contribution in [2.24, 2.45) is 7.05 Å². The minimum atomic E-state index is -0.421. The van der Waals surface area contributed by atoms with E-state index in [1.165, 1.54) is 4.57 Å². The third-order valence-corrected chi connectivity index (χ3v) is 1.59. The van der Waals surface area contributed by atoms with Crippen molar-refractivity contribution in [1.29, 1.82) is 0 Å². The number of nitrogens with zero attached hydrogens (tertiary/aromatic N) is 2. The summed E-state index contributed by atoms with van der Waals surface area (Å²) in [6.07, 6.45) is 1.30. The van der Waals surface area contributed by atoms with E-state index in [0.29, 0.717) is 0 Å². The molecule has 11 heavy (non-hydrogen) atoms. The fourth-order valence-corrected chi connectivity index (χ4v) is 0.805. The van der Waals surface area contributed by atoms with Crippen LogP contribution in [0.4, 0.5) is 4.39 Å². The molecule has 1 heterocycles. The zero-order valence-corrected chi connectivity index (χ0v) is 7.35. The number of aromatic nitrogens is 2. The molecule has 0 aliphatic rings. The van der Waals surface area contributed by atoms with Crippen molar-refractivity contribution in [1.82, 2.24) is 9.55 Å². The smallest absolute Gasteiger partial charge is 0.289 e. The molecule has 3 heteroatoms. The molecule has 0 radical (unpaired) electrons. The Bertz CT molecular complexity index is 238. The molecule has 0 aliphatic carbocycles. The largest absolute Gasteiger partial charge is 0.310 e. The van der Waals surface area contributed by atoms with Crippen molar-refractivity contribution in [3.8, 4) is 0 Å². The highest BCUT2D eigenvalue weighted by atomic mass is 19.1. The van der Waals surface area contributed by atoms with E-state index >= 15 is 0 Å². The molecule has 0 N–H and O–H groups in total. The molecule has 0 aromatic carbocycles. The third-order valence-electron chi connectivity index (χ3n) is 1.59. The molecule has 0 aliphatic heterocycles. The topological polar surface area (TPSA) is 17.8 Å². The molecule has 1 rings (SSSR count). The Morgan fingerprint density at radius 3 is 2.18 bits per heavy atom. The highest BCUT2D eigenvalue weighted by Gasteiger charge is 2.18. The van der Waals surface area contributed by atoms with Crippen LogP contribution in [0.25, 0.3) is 0 Å². The molecule has 0 fully saturated rings. The Morgan fingerprint density at radius 1 is 1.45 bits per heavy atom. The van der Waals surface area contributed by atoms with Gasteiger partial charge < -0.3 is 4.57 Å². The highest BCUT2D eigenvalue weighted by molar-refractivity contribution is 5.09. The van der Waals surface area contributed by atoms with Crippen molar-refractivity contribution in [2.75, 3.05) is 0 Å². The van der Waals surface area contributed by atoms with Gasteiger partial charge >= 0.3 is 0 Å². The number of halogens is 1. The lowest BCUT2D eigenvalue weighted by molar-refractivity contribution is 0.492. The molecule has 0 atom stereocenters. The normalized spacial score (nSPS) is 12.1. The number of hydrogen-bond donors (Lipinski definition) is 0. The highest BCUT2D eigenvalue weighted by Crippen LogP contribution is 2.19. The first-order chi connectivity index (χ1) is 4.91. The van der Waals surface area contributed by atoms with Crippen LogP contribution < -0.4 is 0 Å². The van der Waals surface area contributed by atoms with Crippen molar-refractivity contribution in [3.63, 3.8) is 0 Å². The van der Waals surface area contributed by atoms with E-state index in [2.05, 4.69) is 4.98 Å². The fourth-order valence-electron chi connectivity index (χ4n) is 0.805. The minimum absolute atomic E-state index is 0.0674. The summed E-state index contributed by atoms with van der Waals surface area (Å²) in [6.45, 7) is 6.03. The van der Waals surface area contributed by atoms with E-state index in [0.717, 1.165) is 5.69 Å². The van der Waals surface area contributed by atoms with Gasteiger partial charge in [-0.25, -0.2) is 4.98 Å². The molecule has 2 nitrogen and oxygen atoms in total. The first-order valence-electron chi connectivity index (χ1n) is 3.60. The van der Waals surface area contributed by atoms with Crippen LogP contribution in [0.3, 0.4) is 0 Å². The van der Waals surface area contributed by atoms with E-state index in [9.17, 15) is 4.39 Å². The fraction of sp³-hybridized carbons (Fsp3) is 0.625. The standard InChI is InChI=1S/C8H13FN2/c1-8(2,3)6-5-11(4)7(9)10-6/h5H,1-4H3. The first-order valence-corrected chi connectivity index (χ1v) is 3.60. The van der Waals surface area contributed by atoms with Crippen LogP contribution in [0.2, 0.25) is 0 Å². The van der Waals surface area contributed by atoms with Crippen LogP contribution in [0.5, 0.6) is 0 Å². The number of rotatable bonds is 0. The molecule has 0 unspecified atom stereocenters. The Balaban J connectivity index is 3.08. The molecule has 62 valence electrons. The van der Waals surface area contributed by atoms with E-state index < -0.39 is 6.08 Å². The van der Waals surface area contributed by atoms with Gasteiger partial charge in [0, 0.05) is 18.7 Å². The minimum Gasteiger partial charge on any atom is -0.310 e. The van der Waals surface area contributed by atoms with Gasteiger partial charge in [0.1, 0.15) is 0 Å². The third kappa shape index (κ3) is 1.59. The lowest BCUT2D eigenvalue weighted by atomic mass is 9.93. The number of imidazole rings is 1. The van der Waals surface area contributed by atoms with Gasteiger partial charge in [0.15, 0.2) is 0 Å². The van der Waals surface area contributed by atoms with Crippen molar-refractivity contribution in [2.45, 2.75) is 26.2 Å². The van der Waals surface area contributed by atoms with Crippen molar-refractivity contribution in [3.05, 3.63) is 18.0 Å². The summed E-state index contributed by atoms with van der Waals surface area (Å²) in [5, 5.41) is 0. The maximum Gasteiger partial charge on any atom is 0.289 e. The number of aryl methyl sites for hydroxylation is 1. The number of hydrogen-bond acceptors (Lipinski definition) is 1. The van der Waals surface area contributed by atoms with E-state index in [4.69, 9.17) is 0 Å². The zero-order chi connectivity index (χ0) is 8.65. The predicted molar refractivity (Wildman–Crippen MR) is 41.9 cm³/mol. The van der Waals surface area contributed by atoms with Crippen LogP contribution in [-0.4, -0.2) is 9.55 Å². The second-order valence-electron chi connectivity index (χ2n) is 3.76. The Morgan fingerprint density at radius 2 is 2.00 bits per heavy atom. The second-order valence-corrected chi connectivity index (χ2v) is 3.76. The van der Waals surface area contributed by atoms with Gasteiger partial charge in [0.25, 0.3) is 6.08 Å². The molecule has 1 aromatic heterocycles. The summed E-state index contributed by atoms with van der Waals surface area (Å²) in [7, 11) is 1.65.